The number of nitrogens with two attached hydrogens (primary N) is 1. The molecule has 1 saturated heterocycles. The lowest BCUT2D eigenvalue weighted by atomic mass is 10.1. The van der Waals surface area contributed by atoms with Crippen molar-refractivity contribution < 1.29 is 14.6 Å². The predicted octanol–water partition coefficient (Wildman–Crippen LogP) is 1.57. The van der Waals surface area contributed by atoms with E-state index in [1.807, 2.05) is 4.90 Å². The molecule has 1 aliphatic rings. The van der Waals surface area contributed by atoms with Crippen molar-refractivity contribution in [3.63, 3.8) is 0 Å². The average Bonchev–Trinajstić information content (AvgIpc) is 2.45. The fourth-order valence-corrected chi connectivity index (χ4v) is 2.65. The van der Waals surface area contributed by atoms with Gasteiger partial charge in [0, 0.05) is 33.5 Å². The maximum atomic E-state index is 9.57. The summed E-state index contributed by atoms with van der Waals surface area (Å²) in [6.07, 6.45) is 2.09. The lowest BCUT2D eigenvalue weighted by molar-refractivity contribution is -0.105. The van der Waals surface area contributed by atoms with Crippen LogP contribution in [0.5, 0.6) is 0 Å². The number of piperidine rings is 1. The molecule has 6 nitrogen and oxygen atoms in total. The van der Waals surface area contributed by atoms with Crippen molar-refractivity contribution in [3.8, 4) is 0 Å². The molecule has 0 unspecified atom stereocenters. The molecule has 0 spiro atoms. The largest absolute Gasteiger partial charge is 0.395 e. The number of nitrogen functional groups attached to an aromatic ring is 1. The van der Waals surface area contributed by atoms with E-state index in [1.54, 1.807) is 6.20 Å². The van der Waals surface area contributed by atoms with Crippen molar-refractivity contribution in [2.24, 2.45) is 0 Å². The molecule has 112 valence electrons. The molecule has 1 fully saturated rings. The lowest BCUT2D eigenvalue weighted by Crippen LogP contribution is -2.37. The van der Waals surface area contributed by atoms with Crippen LogP contribution in [-0.2, 0) is 9.47 Å². The number of hydrogen-bond donors (Lipinski definition) is 2. The van der Waals surface area contributed by atoms with Crippen molar-refractivity contribution in [1.82, 2.24) is 4.98 Å². The van der Waals surface area contributed by atoms with E-state index in [-0.39, 0.29) is 6.10 Å². The van der Waals surface area contributed by atoms with Crippen molar-refractivity contribution >= 4 is 23.1 Å². The first kappa shape index (κ1) is 15.3. The summed E-state index contributed by atoms with van der Waals surface area (Å²) < 4.78 is 10.5. The first-order valence-electron chi connectivity index (χ1n) is 6.51. The summed E-state index contributed by atoms with van der Waals surface area (Å²) in [5.41, 5.74) is 7.24. The van der Waals surface area contributed by atoms with Gasteiger partial charge in [0.2, 0.25) is 0 Å². The van der Waals surface area contributed by atoms with Gasteiger partial charge in [-0.05, 0) is 12.8 Å². The summed E-state index contributed by atoms with van der Waals surface area (Å²) >= 11 is 6.15. The number of pyridine rings is 1. The zero-order valence-electron chi connectivity index (χ0n) is 11.7. The number of anilines is 2. The molecule has 20 heavy (non-hydrogen) atoms. The summed E-state index contributed by atoms with van der Waals surface area (Å²) in [6, 6.07) is 0. The van der Waals surface area contributed by atoms with Gasteiger partial charge in [-0.1, -0.05) is 11.6 Å². The quantitative estimate of drug-likeness (QED) is 0.822. The molecule has 2 heterocycles. The number of halogens is 1. The minimum atomic E-state index is -0.625. The number of nitrogens with zero attached hydrogens (tertiary/aromatic N) is 2. The highest BCUT2D eigenvalue weighted by atomic mass is 35.5. The van der Waals surface area contributed by atoms with Gasteiger partial charge in [0.15, 0.2) is 12.1 Å². The van der Waals surface area contributed by atoms with Crippen molar-refractivity contribution in [2.45, 2.75) is 25.2 Å². The maximum absolute atomic E-state index is 9.57. The van der Waals surface area contributed by atoms with E-state index < -0.39 is 6.29 Å². The standard InChI is InChI=1S/C13H20ClN3O3/c1-19-13(20-2)10-9(14)7-16-12(11(10)15)17-5-3-8(18)4-6-17/h7-8,13,18H,3-6,15H2,1-2H3. The van der Waals surface area contributed by atoms with Crippen molar-refractivity contribution in [3.05, 3.63) is 16.8 Å². The first-order chi connectivity index (χ1) is 9.58. The fourth-order valence-electron chi connectivity index (χ4n) is 2.41. The summed E-state index contributed by atoms with van der Waals surface area (Å²) in [6.45, 7) is 1.42. The van der Waals surface area contributed by atoms with Gasteiger partial charge in [0.1, 0.15) is 0 Å². The third-order valence-corrected chi connectivity index (χ3v) is 3.82. The summed E-state index contributed by atoms with van der Waals surface area (Å²) in [5, 5.41) is 9.98. The van der Waals surface area contributed by atoms with Crippen LogP contribution >= 0.6 is 11.6 Å². The summed E-state index contributed by atoms with van der Waals surface area (Å²) in [5.74, 6) is 0.662. The fraction of sp³-hybridized carbons (Fsp3) is 0.615. The Morgan fingerprint density at radius 1 is 1.40 bits per heavy atom. The van der Waals surface area contributed by atoms with Crippen LogP contribution in [0.2, 0.25) is 5.02 Å². The molecule has 0 amide bonds. The third kappa shape index (κ3) is 2.98. The Bertz CT molecular complexity index is 460. The van der Waals surface area contributed by atoms with Gasteiger partial charge in [0.25, 0.3) is 0 Å². The third-order valence-electron chi connectivity index (χ3n) is 3.52. The smallest absolute Gasteiger partial charge is 0.186 e. The topological polar surface area (TPSA) is 80.8 Å². The monoisotopic (exact) mass is 301 g/mol. The molecule has 0 saturated carbocycles. The van der Waals surface area contributed by atoms with Gasteiger partial charge >= 0.3 is 0 Å². The highest BCUT2D eigenvalue weighted by Crippen LogP contribution is 2.36. The molecular weight excluding hydrogens is 282 g/mol. The molecule has 1 aromatic rings. The van der Waals surface area contributed by atoms with E-state index in [2.05, 4.69) is 4.98 Å². The van der Waals surface area contributed by atoms with Crippen molar-refractivity contribution in [1.29, 1.82) is 0 Å². The SMILES string of the molecule is COC(OC)c1c(Cl)cnc(N2CCC(O)CC2)c1N. The van der Waals surface area contributed by atoms with Crippen LogP contribution in [0.25, 0.3) is 0 Å². The minimum absolute atomic E-state index is 0.245. The molecule has 0 radical (unpaired) electrons. The van der Waals surface area contributed by atoms with Gasteiger partial charge in [-0.3, -0.25) is 0 Å². The highest BCUT2D eigenvalue weighted by molar-refractivity contribution is 6.31. The van der Waals surface area contributed by atoms with E-state index in [0.717, 1.165) is 0 Å². The van der Waals surface area contributed by atoms with Crippen LogP contribution in [0, 0.1) is 0 Å². The number of methoxy groups -OCH3 is 2. The van der Waals surface area contributed by atoms with E-state index >= 15 is 0 Å². The van der Waals surface area contributed by atoms with Crippen LogP contribution in [0.3, 0.4) is 0 Å². The van der Waals surface area contributed by atoms with Crippen LogP contribution in [0.15, 0.2) is 6.20 Å². The molecule has 0 aromatic carbocycles. The number of hydrogen-bond acceptors (Lipinski definition) is 6. The molecule has 3 N–H and O–H groups in total. The predicted molar refractivity (Wildman–Crippen MR) is 77.9 cm³/mol. The number of aliphatic hydroxyl groups excluding tert-OH is 1. The lowest BCUT2D eigenvalue weighted by Gasteiger charge is -2.32. The molecule has 0 aliphatic carbocycles. The second-order valence-corrected chi connectivity index (χ2v) is 5.19. The zero-order chi connectivity index (χ0) is 14.7. The molecule has 1 aromatic heterocycles. The average molecular weight is 302 g/mol. The van der Waals surface area contributed by atoms with Crippen LogP contribution in [0.4, 0.5) is 11.5 Å². The van der Waals surface area contributed by atoms with Crippen LogP contribution < -0.4 is 10.6 Å². The van der Waals surface area contributed by atoms with Gasteiger partial charge in [0.05, 0.1) is 22.4 Å². The summed E-state index contributed by atoms with van der Waals surface area (Å²) in [4.78, 5) is 6.36. The highest BCUT2D eigenvalue weighted by Gasteiger charge is 2.25. The number of aliphatic hydroxyl groups is 1. The first-order valence-corrected chi connectivity index (χ1v) is 6.88. The second-order valence-electron chi connectivity index (χ2n) is 4.78. The normalized spacial score (nSPS) is 16.9. The Morgan fingerprint density at radius 2 is 2.00 bits per heavy atom. The Morgan fingerprint density at radius 3 is 2.55 bits per heavy atom. The molecule has 2 rings (SSSR count). The molecule has 0 atom stereocenters. The van der Waals surface area contributed by atoms with E-state index in [0.29, 0.717) is 48.0 Å². The van der Waals surface area contributed by atoms with Gasteiger partial charge < -0.3 is 25.2 Å². The molecule has 7 heteroatoms. The van der Waals surface area contributed by atoms with E-state index in [1.165, 1.54) is 14.2 Å². The van der Waals surface area contributed by atoms with Gasteiger partial charge in [-0.25, -0.2) is 4.98 Å². The molecular formula is C13H20ClN3O3. The molecule has 1 aliphatic heterocycles. The Hall–Kier alpha value is -1.08. The molecule has 0 bridgehead atoms. The Kier molecular flexibility index (Phi) is 5.04. The number of rotatable bonds is 4. The van der Waals surface area contributed by atoms with Crippen molar-refractivity contribution in [2.75, 3.05) is 37.9 Å². The minimum Gasteiger partial charge on any atom is -0.395 e. The summed E-state index contributed by atoms with van der Waals surface area (Å²) in [7, 11) is 3.06. The Labute approximate surface area is 123 Å². The van der Waals surface area contributed by atoms with Gasteiger partial charge in [-0.15, -0.1) is 0 Å². The van der Waals surface area contributed by atoms with Crippen LogP contribution in [0.1, 0.15) is 24.7 Å². The maximum Gasteiger partial charge on any atom is 0.186 e. The van der Waals surface area contributed by atoms with E-state index in [9.17, 15) is 5.11 Å². The Balaban J connectivity index is 2.33. The number of ether oxygens (including phenoxy) is 2. The van der Waals surface area contributed by atoms with Gasteiger partial charge in [-0.2, -0.15) is 0 Å². The van der Waals surface area contributed by atoms with E-state index in [4.69, 9.17) is 26.8 Å². The second kappa shape index (κ2) is 6.58. The number of aromatic nitrogens is 1. The van der Waals surface area contributed by atoms with Crippen LogP contribution in [-0.4, -0.2) is 43.5 Å². The zero-order valence-corrected chi connectivity index (χ0v) is 12.4.